The molecule has 0 saturated carbocycles. The van der Waals surface area contributed by atoms with Gasteiger partial charge in [-0.3, -0.25) is 19.1 Å². The molecule has 0 bridgehead atoms. The number of carbonyl (C=O) groups is 2. The van der Waals surface area contributed by atoms with Crippen LogP contribution in [-0.2, 0) is 19.8 Å². The van der Waals surface area contributed by atoms with Crippen LogP contribution in [0.4, 0.5) is 8.78 Å². The van der Waals surface area contributed by atoms with E-state index in [0.29, 0.717) is 24.4 Å². The van der Waals surface area contributed by atoms with E-state index in [2.05, 4.69) is 22.3 Å². The molecule has 3 aromatic rings. The molecule has 0 spiro atoms. The Balaban J connectivity index is 1.29. The van der Waals surface area contributed by atoms with E-state index in [1.54, 1.807) is 0 Å². The lowest BCUT2D eigenvalue weighted by Gasteiger charge is -2.39. The number of amides is 2. The van der Waals surface area contributed by atoms with Crippen molar-refractivity contribution in [2.24, 2.45) is 5.41 Å². The first-order chi connectivity index (χ1) is 20.6. The number of ether oxygens (including phenoxy) is 1. The largest absolute Gasteiger partial charge is 0.399 e. The molecule has 1 aromatic heterocycles. The van der Waals surface area contributed by atoms with Crippen molar-refractivity contribution in [2.45, 2.75) is 57.5 Å². The van der Waals surface area contributed by atoms with Crippen LogP contribution in [0.1, 0.15) is 60.5 Å². The molecule has 2 aliphatic rings. The predicted octanol–water partition coefficient (Wildman–Crippen LogP) is 5.34. The third-order valence-electron chi connectivity index (χ3n) is 8.29. The van der Waals surface area contributed by atoms with Gasteiger partial charge in [-0.25, -0.2) is 0 Å². The third kappa shape index (κ3) is 6.90. The van der Waals surface area contributed by atoms with Gasteiger partial charge in [-0.05, 0) is 47.4 Å². The van der Waals surface area contributed by atoms with Gasteiger partial charge in [-0.1, -0.05) is 57.2 Å². The monoisotopic (exact) mass is 649 g/mol. The summed E-state index contributed by atoms with van der Waals surface area (Å²) < 4.78 is 46.4. The molecule has 44 heavy (non-hydrogen) atoms. The van der Waals surface area contributed by atoms with Gasteiger partial charge in [-0.2, -0.15) is 8.78 Å². The molecular weight excluding hydrogens is 611 g/mol. The zero-order valence-corrected chi connectivity index (χ0v) is 26.6. The maximum absolute atomic E-state index is 14.3. The van der Waals surface area contributed by atoms with Gasteiger partial charge >= 0.3 is 13.3 Å². The minimum absolute atomic E-state index is 0.00258. The highest BCUT2D eigenvalue weighted by molar-refractivity contribution is 7.52. The summed E-state index contributed by atoms with van der Waals surface area (Å²) in [5, 5.41) is 3.16. The maximum atomic E-state index is 14.3. The molecule has 3 N–H and O–H groups in total. The Hall–Kier alpha value is -2.73. The summed E-state index contributed by atoms with van der Waals surface area (Å²) in [4.78, 5) is 50.1. The van der Waals surface area contributed by atoms with E-state index in [1.165, 1.54) is 12.1 Å². The van der Waals surface area contributed by atoms with E-state index in [4.69, 9.17) is 14.5 Å². The zero-order valence-electron chi connectivity index (χ0n) is 24.9. The minimum Gasteiger partial charge on any atom is -0.371 e. The topological polar surface area (TPSA) is 119 Å². The number of thiophene rings is 1. The van der Waals surface area contributed by atoms with Crippen LogP contribution in [0.2, 0.25) is 0 Å². The third-order valence-corrected chi connectivity index (χ3v) is 10.4. The Morgan fingerprint density at radius 1 is 1.11 bits per heavy atom. The Labute approximate surface area is 259 Å². The summed E-state index contributed by atoms with van der Waals surface area (Å²) in [6.07, 6.45) is 1.70. The first kappa shape index (κ1) is 32.7. The number of alkyl halides is 2. The number of hydrogen-bond donors (Lipinski definition) is 3. The lowest BCUT2D eigenvalue weighted by molar-refractivity contribution is -0.137. The highest BCUT2D eigenvalue weighted by Gasteiger charge is 2.50. The van der Waals surface area contributed by atoms with Gasteiger partial charge in [0.1, 0.15) is 6.04 Å². The molecule has 9 nitrogen and oxygen atoms in total. The number of nitrogens with one attached hydrogen (secondary N) is 1. The molecule has 3 atom stereocenters. The highest BCUT2D eigenvalue weighted by Crippen LogP contribution is 2.59. The molecule has 2 aromatic carbocycles. The zero-order chi connectivity index (χ0) is 31.9. The van der Waals surface area contributed by atoms with Gasteiger partial charge in [-0.15, -0.1) is 11.3 Å². The molecular formula is C31H38F2N3O6PS. The highest BCUT2D eigenvalue weighted by atomic mass is 32.1. The van der Waals surface area contributed by atoms with E-state index in [9.17, 15) is 22.9 Å². The maximum Gasteiger partial charge on any atom is 0.399 e. The lowest BCUT2D eigenvalue weighted by Crippen LogP contribution is -2.57. The van der Waals surface area contributed by atoms with E-state index < -0.39 is 36.2 Å². The van der Waals surface area contributed by atoms with Crippen LogP contribution in [0.15, 0.2) is 54.6 Å². The lowest BCUT2D eigenvalue weighted by atomic mass is 9.85. The summed E-state index contributed by atoms with van der Waals surface area (Å²) in [6, 6.07) is 13.9. The van der Waals surface area contributed by atoms with Gasteiger partial charge in [0.2, 0.25) is 5.91 Å². The van der Waals surface area contributed by atoms with Crippen LogP contribution < -0.4 is 5.32 Å². The van der Waals surface area contributed by atoms with Crippen molar-refractivity contribution in [1.29, 1.82) is 0 Å². The molecule has 238 valence electrons. The normalized spacial score (nSPS) is 21.0. The van der Waals surface area contributed by atoms with Crippen molar-refractivity contribution in [3.8, 4) is 0 Å². The Kier molecular flexibility index (Phi) is 9.33. The number of fused-ring (bicyclic) bond motifs is 1. The predicted molar refractivity (Wildman–Crippen MR) is 165 cm³/mol. The molecule has 2 aliphatic heterocycles. The Morgan fingerprint density at radius 3 is 2.52 bits per heavy atom. The standard InChI is InChI=1S/C31H38F2N3O6PS/c1-30(2,3)27(34-28(37)26-17-21-16-22(11-12-25(21)44-26)31(32,33)43(39,40)41)29(38)36-13-7-10-23(36)18-35-14-15-42-24(19-35)20-8-5-4-6-9-20/h4-6,8-9,11-12,16-17,23-24,27H,7,10,13-15,18-19H2,1-3H3,(H,34,37)(H2,39,40,41)/t23-,24-,27?/m0/s1. The van der Waals surface area contributed by atoms with Crippen molar-refractivity contribution >= 4 is 40.8 Å². The van der Waals surface area contributed by atoms with Crippen LogP contribution in [0.25, 0.3) is 10.1 Å². The second-order valence-corrected chi connectivity index (χ2v) is 15.3. The van der Waals surface area contributed by atoms with Crippen molar-refractivity contribution < 1.29 is 37.5 Å². The van der Waals surface area contributed by atoms with Gasteiger partial charge < -0.3 is 24.7 Å². The Bertz CT molecular complexity index is 1560. The average Bonchev–Trinajstić information content (AvgIpc) is 3.61. The Morgan fingerprint density at radius 2 is 1.84 bits per heavy atom. The second kappa shape index (κ2) is 12.6. The quantitative estimate of drug-likeness (QED) is 0.282. The van der Waals surface area contributed by atoms with E-state index in [0.717, 1.165) is 55.0 Å². The van der Waals surface area contributed by atoms with E-state index in [-0.39, 0.29) is 28.3 Å². The number of nitrogens with zero attached hydrogens (tertiary/aromatic N) is 2. The fraction of sp³-hybridized carbons (Fsp3) is 0.484. The first-order valence-corrected chi connectivity index (χ1v) is 17.1. The fourth-order valence-corrected chi connectivity index (χ4v) is 7.30. The van der Waals surface area contributed by atoms with Crippen molar-refractivity contribution in [3.63, 3.8) is 0 Å². The van der Waals surface area contributed by atoms with Crippen LogP contribution in [0.5, 0.6) is 0 Å². The number of rotatable bonds is 8. The summed E-state index contributed by atoms with van der Waals surface area (Å²) in [5.74, 6) is -0.677. The molecule has 0 radical (unpaired) electrons. The number of carbonyl (C=O) groups excluding carboxylic acids is 2. The molecule has 2 amide bonds. The van der Waals surface area contributed by atoms with E-state index in [1.807, 2.05) is 43.9 Å². The van der Waals surface area contributed by atoms with Crippen LogP contribution in [-0.4, -0.2) is 76.3 Å². The molecule has 0 aliphatic carbocycles. The molecule has 13 heteroatoms. The smallest absolute Gasteiger partial charge is 0.371 e. The fourth-order valence-electron chi connectivity index (χ4n) is 5.88. The average molecular weight is 650 g/mol. The number of halogens is 2. The van der Waals surface area contributed by atoms with Crippen molar-refractivity contribution in [3.05, 3.63) is 70.6 Å². The first-order valence-electron chi connectivity index (χ1n) is 14.6. The molecule has 1 unspecified atom stereocenters. The summed E-state index contributed by atoms with van der Waals surface area (Å²) in [5.41, 5.74) is -4.68. The molecule has 3 heterocycles. The van der Waals surface area contributed by atoms with Crippen molar-refractivity contribution in [1.82, 2.24) is 15.1 Å². The van der Waals surface area contributed by atoms with Gasteiger partial charge in [0, 0.05) is 42.5 Å². The number of benzene rings is 2. The number of likely N-dealkylation sites (tertiary alicyclic amines) is 1. The minimum atomic E-state index is -5.74. The molecule has 2 fully saturated rings. The van der Waals surface area contributed by atoms with Gasteiger partial charge in [0.05, 0.1) is 17.6 Å². The SMILES string of the molecule is CC(C)(C)C(NC(=O)c1cc2cc(C(F)(F)P(=O)(O)O)ccc2s1)C(=O)N1CCC[C@H]1CN1CCO[C@H](c2ccccc2)C1. The van der Waals surface area contributed by atoms with Crippen LogP contribution in [0.3, 0.4) is 0 Å². The second-order valence-electron chi connectivity index (χ2n) is 12.6. The number of hydrogen-bond acceptors (Lipinski definition) is 6. The summed E-state index contributed by atoms with van der Waals surface area (Å²) in [6.45, 7) is 9.07. The van der Waals surface area contributed by atoms with Gasteiger partial charge in [0.15, 0.2) is 0 Å². The molecule has 2 saturated heterocycles. The summed E-state index contributed by atoms with van der Waals surface area (Å²) >= 11 is 1.06. The molecule has 5 rings (SSSR count). The van der Waals surface area contributed by atoms with Crippen LogP contribution >= 0.6 is 18.9 Å². The van der Waals surface area contributed by atoms with E-state index >= 15 is 0 Å². The van der Waals surface area contributed by atoms with Crippen LogP contribution in [0, 0.1) is 5.41 Å². The number of morpholine rings is 1. The van der Waals surface area contributed by atoms with Crippen molar-refractivity contribution in [2.75, 3.05) is 32.8 Å². The summed E-state index contributed by atoms with van der Waals surface area (Å²) in [7, 11) is -5.74. The van der Waals surface area contributed by atoms with Gasteiger partial charge in [0.25, 0.3) is 5.91 Å².